The van der Waals surface area contributed by atoms with Gasteiger partial charge in [-0.2, -0.15) is 10.5 Å². The molecule has 5 aromatic rings. The smallest absolute Gasteiger partial charge is 0.354 e. The number of nitriles is 2. The number of aromatic nitrogens is 3. The van der Waals surface area contributed by atoms with Crippen LogP contribution < -0.4 is 0 Å². The van der Waals surface area contributed by atoms with Gasteiger partial charge in [0.1, 0.15) is 5.69 Å². The number of carbonyl (C=O) groups is 1. The summed E-state index contributed by atoms with van der Waals surface area (Å²) in [6, 6.07) is 24.3. The van der Waals surface area contributed by atoms with E-state index in [1.165, 1.54) is 36.8 Å². The summed E-state index contributed by atoms with van der Waals surface area (Å²) >= 11 is 0. The van der Waals surface area contributed by atoms with Crippen molar-refractivity contribution in [1.82, 2.24) is 15.0 Å². The Bertz CT molecular complexity index is 1630. The summed E-state index contributed by atoms with van der Waals surface area (Å²) in [4.78, 5) is 21.5. The molecule has 0 unspecified atom stereocenters. The Balaban J connectivity index is 0.000000227. The standard InChI is InChI=1S/2C12H5F2N2.C6H5NO2.Ir/c2*13-10-5-4-8(12(14)9(10)7-15)11-3-1-2-6-16-11;8-6(9)5-3-1-2-4-7-5;/h2*1-3,5-6H;1-4H,(H,8,9);/q2*-1;;. The third kappa shape index (κ3) is 8.35. The van der Waals surface area contributed by atoms with Gasteiger partial charge < -0.3 is 15.1 Å². The number of hydrogen-bond acceptors (Lipinski definition) is 6. The van der Waals surface area contributed by atoms with Gasteiger partial charge in [0.2, 0.25) is 0 Å². The largest absolute Gasteiger partial charge is 0.477 e. The van der Waals surface area contributed by atoms with Crippen molar-refractivity contribution >= 4 is 5.97 Å². The Labute approximate surface area is 250 Å². The van der Waals surface area contributed by atoms with E-state index in [0.717, 1.165) is 12.1 Å². The van der Waals surface area contributed by atoms with Crippen molar-refractivity contribution in [2.45, 2.75) is 0 Å². The second kappa shape index (κ2) is 16.1. The summed E-state index contributed by atoms with van der Waals surface area (Å²) in [6.45, 7) is 0. The summed E-state index contributed by atoms with van der Waals surface area (Å²) in [5.74, 6) is -4.68. The second-order valence-electron chi connectivity index (χ2n) is 7.57. The average Bonchev–Trinajstić information content (AvgIpc) is 3.00. The molecule has 5 rings (SSSR count). The van der Waals surface area contributed by atoms with Crippen LogP contribution in [0.1, 0.15) is 21.6 Å². The summed E-state index contributed by atoms with van der Waals surface area (Å²) in [6.07, 6.45) is 4.42. The third-order valence-electron chi connectivity index (χ3n) is 4.99. The molecule has 0 saturated carbocycles. The van der Waals surface area contributed by atoms with Crippen molar-refractivity contribution in [1.29, 1.82) is 10.5 Å². The number of carboxylic acids is 1. The fraction of sp³-hybridized carbons (Fsp3) is 0. The molecular formula is C30H15F4IrN5O2-2. The number of hydrogen-bond donors (Lipinski definition) is 1. The average molecular weight is 746 g/mol. The fourth-order valence-electron chi connectivity index (χ4n) is 3.09. The Hall–Kier alpha value is -5.29. The number of pyridine rings is 3. The summed E-state index contributed by atoms with van der Waals surface area (Å²) in [5, 5.41) is 25.5. The van der Waals surface area contributed by atoms with Gasteiger partial charge in [-0.15, -0.1) is 24.3 Å². The minimum atomic E-state index is -0.990. The Kier molecular flexibility index (Phi) is 12.6. The minimum Gasteiger partial charge on any atom is -0.477 e. The quantitative estimate of drug-likeness (QED) is 0.173. The molecule has 0 fully saturated rings. The molecule has 7 nitrogen and oxygen atoms in total. The van der Waals surface area contributed by atoms with Crippen LogP contribution >= 0.6 is 0 Å². The minimum absolute atomic E-state index is 0. The first kappa shape index (κ1) is 32.9. The predicted molar refractivity (Wildman–Crippen MR) is 137 cm³/mol. The first-order valence-electron chi connectivity index (χ1n) is 11.3. The number of carboxylic acid groups (broad SMARTS) is 1. The summed E-state index contributed by atoms with van der Waals surface area (Å²) in [5.41, 5.74) is -0.513. The third-order valence-corrected chi connectivity index (χ3v) is 4.99. The summed E-state index contributed by atoms with van der Waals surface area (Å²) < 4.78 is 53.4. The molecule has 0 aliphatic heterocycles. The van der Waals surface area contributed by atoms with Gasteiger partial charge in [0.05, 0.1) is 35.4 Å². The van der Waals surface area contributed by atoms with E-state index in [-0.39, 0.29) is 36.9 Å². The van der Waals surface area contributed by atoms with Crippen molar-refractivity contribution in [3.8, 4) is 34.7 Å². The zero-order valence-electron chi connectivity index (χ0n) is 21.0. The number of aromatic carboxylic acids is 1. The van der Waals surface area contributed by atoms with Gasteiger partial charge >= 0.3 is 5.97 Å². The zero-order chi connectivity index (χ0) is 29.8. The Morgan fingerprint density at radius 1 is 0.690 bits per heavy atom. The van der Waals surface area contributed by atoms with Crippen LogP contribution in [-0.4, -0.2) is 26.0 Å². The molecule has 0 saturated heterocycles. The molecule has 42 heavy (non-hydrogen) atoms. The number of halogens is 4. The molecule has 0 bridgehead atoms. The van der Waals surface area contributed by atoms with Crippen LogP contribution in [0.3, 0.4) is 0 Å². The van der Waals surface area contributed by atoms with Crippen LogP contribution in [0.25, 0.3) is 22.5 Å². The van der Waals surface area contributed by atoms with Crippen LogP contribution in [0.4, 0.5) is 17.6 Å². The molecule has 211 valence electrons. The molecule has 0 atom stereocenters. The molecular weight excluding hydrogens is 731 g/mol. The first-order chi connectivity index (χ1) is 19.8. The van der Waals surface area contributed by atoms with Crippen LogP contribution in [0, 0.1) is 58.1 Å². The maximum Gasteiger partial charge on any atom is 0.354 e. The van der Waals surface area contributed by atoms with E-state index in [0.29, 0.717) is 11.4 Å². The van der Waals surface area contributed by atoms with Crippen molar-refractivity contribution in [2.75, 3.05) is 0 Å². The molecule has 0 aliphatic carbocycles. The van der Waals surface area contributed by atoms with Crippen molar-refractivity contribution in [2.24, 2.45) is 0 Å². The molecule has 0 aliphatic rings. The van der Waals surface area contributed by atoms with Gasteiger partial charge in [0.15, 0.2) is 0 Å². The van der Waals surface area contributed by atoms with Crippen LogP contribution in [0.2, 0.25) is 0 Å². The molecule has 0 spiro atoms. The van der Waals surface area contributed by atoms with Gasteiger partial charge in [-0.05, 0) is 35.7 Å². The van der Waals surface area contributed by atoms with Gasteiger partial charge in [0.25, 0.3) is 0 Å². The molecule has 1 radical (unpaired) electrons. The van der Waals surface area contributed by atoms with Gasteiger partial charge in [0, 0.05) is 49.8 Å². The van der Waals surface area contributed by atoms with E-state index in [9.17, 15) is 22.4 Å². The Morgan fingerprint density at radius 3 is 1.38 bits per heavy atom. The predicted octanol–water partition coefficient (Wildman–Crippen LogP) is 6.17. The van der Waals surface area contributed by atoms with E-state index in [2.05, 4.69) is 27.1 Å². The van der Waals surface area contributed by atoms with Gasteiger partial charge in [-0.3, -0.25) is 17.6 Å². The molecule has 3 aromatic heterocycles. The molecule has 0 amide bonds. The maximum atomic E-state index is 13.7. The SMILES string of the molecule is N#Cc1c(F)c[c-]c(-c2ccccn2)c1F.N#Cc1c(F)c[c-]c(-c2ccccn2)c1F.O=C(O)c1ccccn1.[Ir]. The summed E-state index contributed by atoms with van der Waals surface area (Å²) in [7, 11) is 0. The van der Waals surface area contributed by atoms with Gasteiger partial charge in [-0.25, -0.2) is 9.78 Å². The van der Waals surface area contributed by atoms with Crippen molar-refractivity contribution < 1.29 is 47.6 Å². The van der Waals surface area contributed by atoms with E-state index in [1.807, 2.05) is 0 Å². The molecule has 1 N–H and O–H groups in total. The Morgan fingerprint density at radius 2 is 1.10 bits per heavy atom. The number of nitrogens with zero attached hydrogens (tertiary/aromatic N) is 5. The molecule has 12 heteroatoms. The monoisotopic (exact) mass is 746 g/mol. The van der Waals surface area contributed by atoms with E-state index < -0.39 is 40.4 Å². The van der Waals surface area contributed by atoms with E-state index in [1.54, 1.807) is 48.5 Å². The van der Waals surface area contributed by atoms with Gasteiger partial charge in [-0.1, -0.05) is 41.5 Å². The van der Waals surface area contributed by atoms with E-state index in [4.69, 9.17) is 15.6 Å². The molecule has 3 heterocycles. The zero-order valence-corrected chi connectivity index (χ0v) is 23.4. The first-order valence-corrected chi connectivity index (χ1v) is 11.3. The number of rotatable bonds is 3. The normalized spacial score (nSPS) is 9.38. The van der Waals surface area contributed by atoms with Crippen LogP contribution in [0.5, 0.6) is 0 Å². The maximum absolute atomic E-state index is 13.7. The van der Waals surface area contributed by atoms with Crippen molar-refractivity contribution in [3.05, 3.63) is 138 Å². The van der Waals surface area contributed by atoms with Crippen LogP contribution in [-0.2, 0) is 20.1 Å². The van der Waals surface area contributed by atoms with E-state index >= 15 is 0 Å². The fourth-order valence-corrected chi connectivity index (χ4v) is 3.09. The van der Waals surface area contributed by atoms with Crippen molar-refractivity contribution in [3.63, 3.8) is 0 Å². The number of benzene rings is 2. The second-order valence-corrected chi connectivity index (χ2v) is 7.57. The topological polar surface area (TPSA) is 124 Å². The molecule has 2 aromatic carbocycles. The van der Waals surface area contributed by atoms with Crippen LogP contribution in [0.15, 0.2) is 85.3 Å².